The SMILES string of the molecule is CCC(N)CC(=O)N1CC(=O)NC(=O)C1(C)C. The lowest BCUT2D eigenvalue weighted by atomic mass is 9.97. The van der Waals surface area contributed by atoms with Crippen LogP contribution in [0.1, 0.15) is 33.6 Å². The van der Waals surface area contributed by atoms with Crippen LogP contribution < -0.4 is 11.1 Å². The first-order chi connectivity index (χ1) is 7.78. The minimum absolute atomic E-state index is 0.0893. The Morgan fingerprint density at radius 2 is 2.12 bits per heavy atom. The predicted octanol–water partition coefficient (Wildman–Crippen LogP) is -0.623. The summed E-state index contributed by atoms with van der Waals surface area (Å²) >= 11 is 0. The summed E-state index contributed by atoms with van der Waals surface area (Å²) in [6.07, 6.45) is 0.834. The highest BCUT2D eigenvalue weighted by Crippen LogP contribution is 2.19. The van der Waals surface area contributed by atoms with E-state index in [2.05, 4.69) is 5.32 Å². The smallest absolute Gasteiger partial charge is 0.252 e. The number of imide groups is 1. The van der Waals surface area contributed by atoms with E-state index in [0.717, 1.165) is 0 Å². The van der Waals surface area contributed by atoms with Crippen LogP contribution in [0.2, 0.25) is 0 Å². The van der Waals surface area contributed by atoms with Crippen LogP contribution >= 0.6 is 0 Å². The topological polar surface area (TPSA) is 92.5 Å². The highest BCUT2D eigenvalue weighted by atomic mass is 16.2. The Hall–Kier alpha value is -1.43. The zero-order valence-corrected chi connectivity index (χ0v) is 10.4. The second-order valence-electron chi connectivity index (χ2n) is 4.79. The molecular weight excluding hydrogens is 222 g/mol. The maximum absolute atomic E-state index is 12.0. The largest absolute Gasteiger partial charge is 0.327 e. The van der Waals surface area contributed by atoms with E-state index in [0.29, 0.717) is 6.42 Å². The van der Waals surface area contributed by atoms with Gasteiger partial charge in [0.1, 0.15) is 12.1 Å². The third-order valence-corrected chi connectivity index (χ3v) is 3.05. The standard InChI is InChI=1S/C11H19N3O3/c1-4-7(12)5-9(16)14-6-8(15)13-10(17)11(14,2)3/h7H,4-6,12H2,1-3H3,(H,13,15,17). The molecule has 0 aromatic heterocycles. The molecule has 1 rings (SSSR count). The maximum atomic E-state index is 12.0. The Labute approximate surface area is 101 Å². The molecule has 0 saturated carbocycles. The van der Waals surface area contributed by atoms with Gasteiger partial charge >= 0.3 is 0 Å². The van der Waals surface area contributed by atoms with E-state index in [1.165, 1.54) is 4.90 Å². The van der Waals surface area contributed by atoms with Crippen LogP contribution in [-0.4, -0.2) is 40.7 Å². The quantitative estimate of drug-likeness (QED) is 0.644. The van der Waals surface area contributed by atoms with E-state index < -0.39 is 17.4 Å². The van der Waals surface area contributed by atoms with Crippen molar-refractivity contribution in [3.8, 4) is 0 Å². The van der Waals surface area contributed by atoms with E-state index in [1.54, 1.807) is 13.8 Å². The van der Waals surface area contributed by atoms with Crippen LogP contribution in [0.3, 0.4) is 0 Å². The van der Waals surface area contributed by atoms with Gasteiger partial charge in [0.2, 0.25) is 11.8 Å². The van der Waals surface area contributed by atoms with Crippen LogP contribution in [0, 0.1) is 0 Å². The molecule has 1 aliphatic heterocycles. The number of amides is 3. The van der Waals surface area contributed by atoms with E-state index in [9.17, 15) is 14.4 Å². The molecule has 3 N–H and O–H groups in total. The molecule has 3 amide bonds. The molecule has 0 aliphatic carbocycles. The van der Waals surface area contributed by atoms with Crippen molar-refractivity contribution >= 4 is 17.7 Å². The van der Waals surface area contributed by atoms with Gasteiger partial charge in [-0.25, -0.2) is 0 Å². The second-order valence-corrected chi connectivity index (χ2v) is 4.79. The van der Waals surface area contributed by atoms with Gasteiger partial charge in [0, 0.05) is 12.5 Å². The first-order valence-corrected chi connectivity index (χ1v) is 5.69. The lowest BCUT2D eigenvalue weighted by Gasteiger charge is -2.40. The fraction of sp³-hybridized carbons (Fsp3) is 0.727. The molecular formula is C11H19N3O3. The van der Waals surface area contributed by atoms with Crippen LogP contribution in [0.25, 0.3) is 0 Å². The molecule has 0 bridgehead atoms. The van der Waals surface area contributed by atoms with Crippen molar-refractivity contribution in [3.63, 3.8) is 0 Å². The molecule has 1 saturated heterocycles. The van der Waals surface area contributed by atoms with Crippen molar-refractivity contribution in [2.24, 2.45) is 5.73 Å². The van der Waals surface area contributed by atoms with Crippen LogP contribution in [-0.2, 0) is 14.4 Å². The van der Waals surface area contributed by atoms with Crippen LogP contribution in [0.5, 0.6) is 0 Å². The minimum Gasteiger partial charge on any atom is -0.327 e. The first kappa shape index (κ1) is 13.6. The van der Waals surface area contributed by atoms with Crippen LogP contribution in [0.15, 0.2) is 0 Å². The normalized spacial score (nSPS) is 21.1. The van der Waals surface area contributed by atoms with Crippen molar-refractivity contribution in [1.29, 1.82) is 0 Å². The molecule has 1 fully saturated rings. The molecule has 6 nitrogen and oxygen atoms in total. The second kappa shape index (κ2) is 4.83. The Morgan fingerprint density at radius 1 is 1.53 bits per heavy atom. The molecule has 17 heavy (non-hydrogen) atoms. The van der Waals surface area contributed by atoms with Crippen molar-refractivity contribution < 1.29 is 14.4 Å². The highest BCUT2D eigenvalue weighted by molar-refractivity contribution is 6.06. The molecule has 1 atom stereocenters. The van der Waals surface area contributed by atoms with Crippen molar-refractivity contribution in [1.82, 2.24) is 10.2 Å². The van der Waals surface area contributed by atoms with Gasteiger partial charge in [0.15, 0.2) is 0 Å². The lowest BCUT2D eigenvalue weighted by molar-refractivity contribution is -0.155. The number of carbonyl (C=O) groups is 3. The number of nitrogens with two attached hydrogens (primary N) is 1. The third kappa shape index (κ3) is 2.82. The summed E-state index contributed by atoms with van der Waals surface area (Å²) in [5.74, 6) is -1.16. The minimum atomic E-state index is -1.00. The number of nitrogens with zero attached hydrogens (tertiary/aromatic N) is 1. The molecule has 0 spiro atoms. The fourth-order valence-corrected chi connectivity index (χ4v) is 1.66. The molecule has 6 heteroatoms. The van der Waals surface area contributed by atoms with Crippen molar-refractivity contribution in [2.75, 3.05) is 6.54 Å². The maximum Gasteiger partial charge on any atom is 0.252 e. The molecule has 1 unspecified atom stereocenters. The van der Waals surface area contributed by atoms with E-state index in [-0.39, 0.29) is 24.9 Å². The molecule has 0 radical (unpaired) electrons. The summed E-state index contributed by atoms with van der Waals surface area (Å²) in [5.41, 5.74) is 4.70. The van der Waals surface area contributed by atoms with E-state index in [4.69, 9.17) is 5.73 Å². The average Bonchev–Trinajstić information content (AvgIpc) is 2.23. The zero-order valence-electron chi connectivity index (χ0n) is 10.4. The van der Waals surface area contributed by atoms with Gasteiger partial charge in [-0.3, -0.25) is 19.7 Å². The lowest BCUT2D eigenvalue weighted by Crippen LogP contribution is -2.65. The van der Waals surface area contributed by atoms with Gasteiger partial charge in [0.25, 0.3) is 5.91 Å². The van der Waals surface area contributed by atoms with Gasteiger partial charge in [-0.05, 0) is 20.3 Å². The molecule has 96 valence electrons. The summed E-state index contributed by atoms with van der Waals surface area (Å²) in [5, 5.41) is 2.22. The summed E-state index contributed by atoms with van der Waals surface area (Å²) < 4.78 is 0. The number of hydrogen-bond acceptors (Lipinski definition) is 4. The van der Waals surface area contributed by atoms with Crippen LogP contribution in [0.4, 0.5) is 0 Å². The molecule has 0 aromatic rings. The van der Waals surface area contributed by atoms with Crippen molar-refractivity contribution in [3.05, 3.63) is 0 Å². The Morgan fingerprint density at radius 3 is 2.65 bits per heavy atom. The van der Waals surface area contributed by atoms with E-state index in [1.807, 2.05) is 6.92 Å². The number of nitrogens with one attached hydrogen (secondary N) is 1. The van der Waals surface area contributed by atoms with Gasteiger partial charge in [-0.15, -0.1) is 0 Å². The van der Waals surface area contributed by atoms with Gasteiger partial charge < -0.3 is 10.6 Å². The molecule has 1 aliphatic rings. The predicted molar refractivity (Wildman–Crippen MR) is 61.8 cm³/mol. The van der Waals surface area contributed by atoms with Gasteiger partial charge in [0.05, 0.1) is 0 Å². The number of hydrogen-bond donors (Lipinski definition) is 2. The van der Waals surface area contributed by atoms with Gasteiger partial charge in [-0.2, -0.15) is 0 Å². The Bertz CT molecular complexity index is 352. The molecule has 1 heterocycles. The zero-order chi connectivity index (χ0) is 13.2. The Kier molecular flexibility index (Phi) is 3.87. The average molecular weight is 241 g/mol. The summed E-state index contributed by atoms with van der Waals surface area (Å²) in [4.78, 5) is 36.2. The highest BCUT2D eigenvalue weighted by Gasteiger charge is 2.43. The van der Waals surface area contributed by atoms with Crippen molar-refractivity contribution in [2.45, 2.75) is 45.2 Å². The summed E-state index contributed by atoms with van der Waals surface area (Å²) in [6.45, 7) is 5.03. The Balaban J connectivity index is 2.83. The monoisotopic (exact) mass is 241 g/mol. The third-order valence-electron chi connectivity index (χ3n) is 3.05. The summed E-state index contributed by atoms with van der Waals surface area (Å²) in [7, 11) is 0. The fourth-order valence-electron chi connectivity index (χ4n) is 1.66. The van der Waals surface area contributed by atoms with E-state index >= 15 is 0 Å². The molecule has 0 aromatic carbocycles. The first-order valence-electron chi connectivity index (χ1n) is 5.69. The number of rotatable bonds is 3. The van der Waals surface area contributed by atoms with Gasteiger partial charge in [-0.1, -0.05) is 6.92 Å². The summed E-state index contributed by atoms with van der Waals surface area (Å²) in [6, 6.07) is -0.238. The number of carbonyl (C=O) groups excluding carboxylic acids is 3. The number of piperazine rings is 1.